The summed E-state index contributed by atoms with van der Waals surface area (Å²) < 4.78 is 76.1. The van der Waals surface area contributed by atoms with Gasteiger partial charge in [0, 0.05) is 5.56 Å². The van der Waals surface area contributed by atoms with E-state index in [1.165, 1.54) is 74.9 Å². The molecule has 0 atom stereocenters. The van der Waals surface area contributed by atoms with Crippen molar-refractivity contribution in [3.63, 3.8) is 0 Å². The van der Waals surface area contributed by atoms with Gasteiger partial charge in [0.1, 0.15) is 5.82 Å². The Balaban J connectivity index is 1.39. The number of halogens is 5. The van der Waals surface area contributed by atoms with Crippen molar-refractivity contribution in [1.29, 1.82) is 0 Å². The van der Waals surface area contributed by atoms with Crippen LogP contribution in [0.5, 0.6) is 5.75 Å². The zero-order chi connectivity index (χ0) is 25.9. The first-order valence-electron chi connectivity index (χ1n) is 13.1. The third kappa shape index (κ3) is 6.12. The molecule has 0 aliphatic heterocycles. The molecule has 2 aliphatic carbocycles. The third-order valence-electron chi connectivity index (χ3n) is 8.14. The standard InChI is InChI=1S/C30H35F5O/c1-3-4-23-13-15-25(29(32)28(23)30(33,34)35)24-14-16-27(26(31)17-24)36-18-20-7-11-22(12-8-20)21-9-5-19(2)6-10-21/h3-4,13-17,19-22H,5-12,18H2,1-2H3/b4-3+. The molecule has 36 heavy (non-hydrogen) atoms. The van der Waals surface area contributed by atoms with E-state index < -0.39 is 23.4 Å². The van der Waals surface area contributed by atoms with Crippen LogP contribution in [0.2, 0.25) is 0 Å². The van der Waals surface area contributed by atoms with Gasteiger partial charge in [-0.1, -0.05) is 50.1 Å². The predicted octanol–water partition coefficient (Wildman–Crippen LogP) is 9.70. The van der Waals surface area contributed by atoms with E-state index in [0.29, 0.717) is 12.5 Å². The average Bonchev–Trinajstić information content (AvgIpc) is 2.84. The highest BCUT2D eigenvalue weighted by atomic mass is 19.4. The molecule has 0 spiro atoms. The second kappa shape index (κ2) is 11.4. The third-order valence-corrected chi connectivity index (χ3v) is 8.14. The van der Waals surface area contributed by atoms with Crippen LogP contribution in [0.1, 0.15) is 76.3 Å². The van der Waals surface area contributed by atoms with Gasteiger partial charge in [-0.25, -0.2) is 8.78 Å². The van der Waals surface area contributed by atoms with Gasteiger partial charge in [-0.2, -0.15) is 13.2 Å². The van der Waals surface area contributed by atoms with Gasteiger partial charge in [-0.3, -0.25) is 0 Å². The lowest BCUT2D eigenvalue weighted by molar-refractivity contribution is -0.140. The van der Waals surface area contributed by atoms with Crippen molar-refractivity contribution >= 4 is 6.08 Å². The lowest BCUT2D eigenvalue weighted by Crippen LogP contribution is -2.27. The van der Waals surface area contributed by atoms with Gasteiger partial charge in [0.25, 0.3) is 0 Å². The maximum atomic E-state index is 14.9. The fourth-order valence-electron chi connectivity index (χ4n) is 6.00. The number of rotatable bonds is 6. The zero-order valence-electron chi connectivity index (χ0n) is 21.0. The first-order valence-corrected chi connectivity index (χ1v) is 13.1. The van der Waals surface area contributed by atoms with Gasteiger partial charge in [-0.15, -0.1) is 0 Å². The van der Waals surface area contributed by atoms with E-state index in [4.69, 9.17) is 4.74 Å². The van der Waals surface area contributed by atoms with Crippen molar-refractivity contribution < 1.29 is 26.7 Å². The van der Waals surface area contributed by atoms with Crippen LogP contribution in [-0.4, -0.2) is 6.61 Å². The maximum Gasteiger partial charge on any atom is 0.419 e. The van der Waals surface area contributed by atoms with E-state index >= 15 is 0 Å². The molecule has 2 aromatic rings. The molecule has 2 aliphatic rings. The highest BCUT2D eigenvalue weighted by Gasteiger charge is 2.37. The van der Waals surface area contributed by atoms with Gasteiger partial charge in [-0.05, 0) is 92.4 Å². The molecule has 4 rings (SSSR count). The summed E-state index contributed by atoms with van der Waals surface area (Å²) in [7, 11) is 0. The van der Waals surface area contributed by atoms with E-state index in [2.05, 4.69) is 6.92 Å². The van der Waals surface area contributed by atoms with Crippen LogP contribution in [0.4, 0.5) is 22.0 Å². The largest absolute Gasteiger partial charge is 0.490 e. The number of alkyl halides is 3. The Hall–Kier alpha value is -2.37. The van der Waals surface area contributed by atoms with Gasteiger partial charge in [0.15, 0.2) is 11.6 Å². The Bertz CT molecular complexity index is 1060. The molecule has 2 fully saturated rings. The van der Waals surface area contributed by atoms with Gasteiger partial charge in [0.05, 0.1) is 12.2 Å². The molecule has 0 amide bonds. The van der Waals surface area contributed by atoms with E-state index in [0.717, 1.165) is 36.7 Å². The summed E-state index contributed by atoms with van der Waals surface area (Å²) in [5.74, 6) is 0.795. The Morgan fingerprint density at radius 3 is 2.11 bits per heavy atom. The molecule has 0 bridgehead atoms. The summed E-state index contributed by atoms with van der Waals surface area (Å²) in [6.45, 7) is 4.31. The van der Waals surface area contributed by atoms with Gasteiger partial charge >= 0.3 is 6.18 Å². The number of benzene rings is 2. The fraction of sp³-hybridized carbons (Fsp3) is 0.533. The maximum absolute atomic E-state index is 14.9. The normalized spacial score (nSPS) is 25.3. The molecular formula is C30H35F5O. The van der Waals surface area contributed by atoms with Gasteiger partial charge < -0.3 is 4.74 Å². The van der Waals surface area contributed by atoms with E-state index in [1.54, 1.807) is 6.92 Å². The van der Waals surface area contributed by atoms with Crippen molar-refractivity contribution in [2.24, 2.45) is 23.7 Å². The smallest absolute Gasteiger partial charge is 0.419 e. The second-order valence-corrected chi connectivity index (χ2v) is 10.6. The molecule has 0 aromatic heterocycles. The van der Waals surface area contributed by atoms with Crippen molar-refractivity contribution in [3.8, 4) is 16.9 Å². The molecule has 0 unspecified atom stereocenters. The van der Waals surface area contributed by atoms with Crippen molar-refractivity contribution in [2.45, 2.75) is 71.4 Å². The average molecular weight is 507 g/mol. The fourth-order valence-corrected chi connectivity index (χ4v) is 6.00. The van der Waals surface area contributed by atoms with Crippen molar-refractivity contribution in [1.82, 2.24) is 0 Å². The van der Waals surface area contributed by atoms with Crippen LogP contribution in [0.25, 0.3) is 17.2 Å². The zero-order valence-corrected chi connectivity index (χ0v) is 21.0. The quantitative estimate of drug-likeness (QED) is 0.354. The minimum absolute atomic E-state index is 0.0391. The number of allylic oxidation sites excluding steroid dienone is 1. The van der Waals surface area contributed by atoms with Crippen LogP contribution in [0.3, 0.4) is 0 Å². The summed E-state index contributed by atoms with van der Waals surface area (Å²) in [6.07, 6.45) is 7.63. The molecule has 0 heterocycles. The molecule has 1 nitrogen and oxygen atoms in total. The second-order valence-electron chi connectivity index (χ2n) is 10.6. The minimum atomic E-state index is -4.87. The molecule has 0 saturated heterocycles. The summed E-state index contributed by atoms with van der Waals surface area (Å²) in [4.78, 5) is 0. The van der Waals surface area contributed by atoms with E-state index in [1.807, 2.05) is 0 Å². The Labute approximate surface area is 210 Å². The van der Waals surface area contributed by atoms with Crippen LogP contribution < -0.4 is 4.74 Å². The minimum Gasteiger partial charge on any atom is -0.490 e. The lowest BCUT2D eigenvalue weighted by Gasteiger charge is -2.37. The highest BCUT2D eigenvalue weighted by molar-refractivity contribution is 5.70. The number of hydrogen-bond acceptors (Lipinski definition) is 1. The molecule has 2 saturated carbocycles. The summed E-state index contributed by atoms with van der Waals surface area (Å²) in [6, 6.07) is 6.29. The molecule has 6 heteroatoms. The molecule has 0 N–H and O–H groups in total. The monoisotopic (exact) mass is 506 g/mol. The van der Waals surface area contributed by atoms with E-state index in [9.17, 15) is 22.0 Å². The summed E-state index contributed by atoms with van der Waals surface area (Å²) >= 11 is 0. The summed E-state index contributed by atoms with van der Waals surface area (Å²) in [5, 5.41) is 0. The lowest BCUT2D eigenvalue weighted by atomic mass is 9.69. The predicted molar refractivity (Wildman–Crippen MR) is 134 cm³/mol. The molecule has 196 valence electrons. The summed E-state index contributed by atoms with van der Waals surface area (Å²) in [5.41, 5.74) is -1.87. The first kappa shape index (κ1) is 26.7. The highest BCUT2D eigenvalue weighted by Crippen LogP contribution is 2.42. The molecule has 2 aromatic carbocycles. The van der Waals surface area contributed by atoms with Crippen LogP contribution in [0, 0.1) is 35.3 Å². The topological polar surface area (TPSA) is 9.23 Å². The first-order chi connectivity index (χ1) is 17.2. The Morgan fingerprint density at radius 1 is 0.889 bits per heavy atom. The van der Waals surface area contributed by atoms with E-state index in [-0.39, 0.29) is 22.4 Å². The van der Waals surface area contributed by atoms with Crippen LogP contribution in [-0.2, 0) is 6.18 Å². The Morgan fingerprint density at radius 2 is 1.53 bits per heavy atom. The molecule has 0 radical (unpaired) electrons. The number of ether oxygens (including phenoxy) is 1. The van der Waals surface area contributed by atoms with Crippen molar-refractivity contribution in [3.05, 3.63) is 59.2 Å². The molecular weight excluding hydrogens is 471 g/mol. The van der Waals surface area contributed by atoms with Crippen LogP contribution in [0.15, 0.2) is 36.4 Å². The Kier molecular flexibility index (Phi) is 8.41. The number of hydrogen-bond donors (Lipinski definition) is 0. The van der Waals surface area contributed by atoms with Crippen molar-refractivity contribution in [2.75, 3.05) is 6.61 Å². The SMILES string of the molecule is C/C=C/c1ccc(-c2ccc(OCC3CCC(C4CCC(C)CC4)CC3)c(F)c2)c(F)c1C(F)(F)F. The van der Waals surface area contributed by atoms with Gasteiger partial charge in [0.2, 0.25) is 0 Å². The van der Waals surface area contributed by atoms with Crippen LogP contribution >= 0.6 is 0 Å².